The van der Waals surface area contributed by atoms with Crippen LogP contribution in [0.15, 0.2) is 24.3 Å². The lowest BCUT2D eigenvalue weighted by Gasteiger charge is -2.54. The summed E-state index contributed by atoms with van der Waals surface area (Å²) >= 11 is 0. The second-order valence-electron chi connectivity index (χ2n) is 13.2. The minimum atomic E-state index is -1.03. The van der Waals surface area contributed by atoms with Crippen LogP contribution in [0.3, 0.4) is 0 Å². The first-order valence-electron chi connectivity index (χ1n) is 14.3. The number of rotatable bonds is 8. The highest BCUT2D eigenvalue weighted by molar-refractivity contribution is 5.99. The van der Waals surface area contributed by atoms with Crippen molar-refractivity contribution in [2.24, 2.45) is 45.8 Å². The molecule has 2 spiro atoms. The van der Waals surface area contributed by atoms with E-state index in [0.29, 0.717) is 24.2 Å². The summed E-state index contributed by atoms with van der Waals surface area (Å²) in [5.41, 5.74) is 0.406. The molecule has 208 valence electrons. The van der Waals surface area contributed by atoms with Crippen LogP contribution in [0.25, 0.3) is 0 Å². The van der Waals surface area contributed by atoms with Gasteiger partial charge in [0.25, 0.3) is 0 Å². The number of ether oxygens (including phenoxy) is 2. The summed E-state index contributed by atoms with van der Waals surface area (Å²) < 4.78 is 11.5. The molecule has 4 fully saturated rings. The second kappa shape index (κ2) is 9.42. The minimum Gasteiger partial charge on any atom is -0.462 e. The molecule has 38 heavy (non-hydrogen) atoms. The Morgan fingerprint density at radius 1 is 1.16 bits per heavy atom. The Hall–Kier alpha value is -2.28. The van der Waals surface area contributed by atoms with Crippen LogP contribution in [0.5, 0.6) is 0 Å². The zero-order chi connectivity index (χ0) is 27.6. The molecule has 0 aromatic heterocycles. The normalized spacial score (nSPS) is 42.0. The third-order valence-corrected chi connectivity index (χ3v) is 11.5. The van der Waals surface area contributed by atoms with Gasteiger partial charge in [-0.15, -0.1) is 0 Å². The first kappa shape index (κ1) is 27.3. The molecule has 10 atom stereocenters. The number of allylic oxidation sites excluding steroid dienone is 2. The van der Waals surface area contributed by atoms with Crippen molar-refractivity contribution in [1.29, 1.82) is 0 Å². The summed E-state index contributed by atoms with van der Waals surface area (Å²) in [6, 6.07) is 0. The molecule has 0 aliphatic heterocycles. The van der Waals surface area contributed by atoms with Gasteiger partial charge in [0, 0.05) is 38.7 Å². The summed E-state index contributed by atoms with van der Waals surface area (Å²) in [6.45, 7) is 10.4. The number of Topliss-reactive ketones (excluding diaryl/α,β-unsaturated/α-hetero) is 1. The van der Waals surface area contributed by atoms with Gasteiger partial charge in [-0.1, -0.05) is 26.5 Å². The first-order valence-corrected chi connectivity index (χ1v) is 14.3. The summed E-state index contributed by atoms with van der Waals surface area (Å²) in [6.07, 6.45) is 9.60. The Morgan fingerprint density at radius 3 is 2.55 bits per heavy atom. The zero-order valence-corrected chi connectivity index (χ0v) is 23.2. The van der Waals surface area contributed by atoms with Crippen LogP contribution in [-0.2, 0) is 28.7 Å². The molecule has 5 rings (SSSR count). The highest BCUT2D eigenvalue weighted by atomic mass is 16.6. The van der Waals surface area contributed by atoms with Crippen molar-refractivity contribution in [3.05, 3.63) is 24.3 Å². The number of carbonyl (C=O) groups excluding carboxylic acids is 4. The number of aliphatic hydroxyl groups excluding tert-OH is 1. The molecule has 7 heteroatoms. The maximum Gasteiger partial charge on any atom is 0.303 e. The number of hydrogen-bond donors (Lipinski definition) is 1. The van der Waals surface area contributed by atoms with Gasteiger partial charge < -0.3 is 14.6 Å². The van der Waals surface area contributed by atoms with E-state index < -0.39 is 18.0 Å². The van der Waals surface area contributed by atoms with Crippen LogP contribution < -0.4 is 0 Å². The Kier molecular flexibility index (Phi) is 6.77. The molecule has 0 heterocycles. The predicted molar refractivity (Wildman–Crippen MR) is 140 cm³/mol. The van der Waals surface area contributed by atoms with Gasteiger partial charge >= 0.3 is 11.9 Å². The highest BCUT2D eigenvalue weighted by Gasteiger charge is 2.78. The molecule has 1 N–H and O–H groups in total. The maximum absolute atomic E-state index is 13.4. The van der Waals surface area contributed by atoms with E-state index in [1.807, 2.05) is 6.08 Å². The van der Waals surface area contributed by atoms with E-state index in [-0.39, 0.29) is 64.4 Å². The van der Waals surface area contributed by atoms with Gasteiger partial charge in [0.1, 0.15) is 6.10 Å². The van der Waals surface area contributed by atoms with E-state index >= 15 is 0 Å². The van der Waals surface area contributed by atoms with Crippen molar-refractivity contribution >= 4 is 23.5 Å². The molecular weight excluding hydrogens is 484 g/mol. The molecule has 5 aliphatic rings. The molecule has 0 amide bonds. The van der Waals surface area contributed by atoms with E-state index in [9.17, 15) is 24.3 Å². The number of carbonyl (C=O) groups is 4. The molecule has 0 aromatic carbocycles. The lowest BCUT2D eigenvalue weighted by atomic mass is 9.50. The molecule has 4 saturated carbocycles. The van der Waals surface area contributed by atoms with E-state index in [1.165, 1.54) is 13.8 Å². The third-order valence-electron chi connectivity index (χ3n) is 11.5. The lowest BCUT2D eigenvalue weighted by Crippen LogP contribution is -2.49. The standard InChI is InChI=1S/C31H42O7/c1-17(15-32)18(2)28(36)27(38-20(4)34)14-25-26(37-19(3)33)13-24-23-7-6-21-12-22(35)8-9-30(21)16-31(23,30)11-10-29(24,25)5/h8-9,17,21,23-27,32H,2,6-7,10-16H2,1,3-5H3/t17-,21?,23?,24?,25?,26?,27?,29?,30?,31?/m0/s1. The van der Waals surface area contributed by atoms with Crippen LogP contribution in [-0.4, -0.2) is 47.4 Å². The Bertz CT molecular complexity index is 1090. The first-order chi connectivity index (χ1) is 17.9. The molecule has 0 radical (unpaired) electrons. The lowest BCUT2D eigenvalue weighted by molar-refractivity contribution is -0.158. The number of hydrogen-bond acceptors (Lipinski definition) is 7. The molecule has 0 bridgehead atoms. The molecule has 0 aromatic rings. The van der Waals surface area contributed by atoms with E-state index in [2.05, 4.69) is 19.6 Å². The van der Waals surface area contributed by atoms with Crippen molar-refractivity contribution in [3.8, 4) is 0 Å². The fraction of sp³-hybridized carbons (Fsp3) is 0.742. The van der Waals surface area contributed by atoms with E-state index in [0.717, 1.165) is 38.5 Å². The average molecular weight is 527 g/mol. The van der Waals surface area contributed by atoms with Crippen molar-refractivity contribution in [3.63, 3.8) is 0 Å². The van der Waals surface area contributed by atoms with Crippen molar-refractivity contribution in [1.82, 2.24) is 0 Å². The largest absolute Gasteiger partial charge is 0.462 e. The van der Waals surface area contributed by atoms with Crippen LogP contribution in [0.2, 0.25) is 0 Å². The maximum atomic E-state index is 13.4. The Labute approximate surface area is 225 Å². The monoisotopic (exact) mass is 526 g/mol. The average Bonchev–Trinajstić information content (AvgIpc) is 3.46. The highest BCUT2D eigenvalue weighted by Crippen LogP contribution is 2.84. The van der Waals surface area contributed by atoms with Crippen LogP contribution in [0.1, 0.15) is 79.1 Å². The van der Waals surface area contributed by atoms with Crippen molar-refractivity contribution < 1.29 is 33.8 Å². The predicted octanol–water partition coefficient (Wildman–Crippen LogP) is 4.36. The van der Waals surface area contributed by atoms with Gasteiger partial charge in [0.15, 0.2) is 17.7 Å². The molecule has 7 nitrogen and oxygen atoms in total. The van der Waals surface area contributed by atoms with Gasteiger partial charge in [-0.25, -0.2) is 0 Å². The van der Waals surface area contributed by atoms with E-state index in [1.54, 1.807) is 6.92 Å². The van der Waals surface area contributed by atoms with Gasteiger partial charge in [0.05, 0.1) is 0 Å². The van der Waals surface area contributed by atoms with Crippen LogP contribution >= 0.6 is 0 Å². The van der Waals surface area contributed by atoms with E-state index in [4.69, 9.17) is 9.47 Å². The number of ketones is 2. The number of esters is 2. The number of aliphatic hydroxyl groups is 1. The van der Waals surface area contributed by atoms with Gasteiger partial charge in [-0.3, -0.25) is 19.2 Å². The summed E-state index contributed by atoms with van der Waals surface area (Å²) in [4.78, 5) is 49.8. The minimum absolute atomic E-state index is 0.134. The third kappa shape index (κ3) is 4.02. The topological polar surface area (TPSA) is 107 Å². The SMILES string of the molecule is C=C(C(=O)C(CC1C(OC(C)=O)CC2C3CCC4CC(=O)C=CC45CC35CCC12C)OC(C)=O)[C@@H](C)CO. The fourth-order valence-electron chi connectivity index (χ4n) is 9.54. The van der Waals surface area contributed by atoms with Crippen LogP contribution in [0, 0.1) is 45.8 Å². The zero-order valence-electron chi connectivity index (χ0n) is 23.2. The summed E-state index contributed by atoms with van der Waals surface area (Å²) in [5, 5.41) is 9.57. The van der Waals surface area contributed by atoms with Crippen molar-refractivity contribution in [2.75, 3.05) is 6.61 Å². The quantitative estimate of drug-likeness (QED) is 0.370. The van der Waals surface area contributed by atoms with Crippen LogP contribution in [0.4, 0.5) is 0 Å². The Morgan fingerprint density at radius 2 is 1.89 bits per heavy atom. The van der Waals surface area contributed by atoms with Crippen molar-refractivity contribution in [2.45, 2.75) is 91.3 Å². The summed E-state index contributed by atoms with van der Waals surface area (Å²) in [7, 11) is 0. The fourth-order valence-corrected chi connectivity index (χ4v) is 9.54. The molecule has 5 aliphatic carbocycles. The number of fused-ring (bicyclic) bond motifs is 2. The smallest absolute Gasteiger partial charge is 0.303 e. The summed E-state index contributed by atoms with van der Waals surface area (Å²) in [5.74, 6) is -0.361. The molecular formula is C31H42O7. The second-order valence-corrected chi connectivity index (χ2v) is 13.2. The van der Waals surface area contributed by atoms with Gasteiger partial charge in [0.2, 0.25) is 0 Å². The molecule has 9 unspecified atom stereocenters. The van der Waals surface area contributed by atoms with Gasteiger partial charge in [-0.05, 0) is 90.6 Å². The Balaban J connectivity index is 1.45. The molecule has 0 saturated heterocycles. The van der Waals surface area contributed by atoms with Gasteiger partial charge in [-0.2, -0.15) is 0 Å².